The molecule has 0 N–H and O–H groups in total. The van der Waals surface area contributed by atoms with Crippen molar-refractivity contribution in [2.45, 2.75) is 25.9 Å². The zero-order valence-corrected chi connectivity index (χ0v) is 15.2. The minimum atomic E-state index is 0.380. The van der Waals surface area contributed by atoms with Crippen molar-refractivity contribution in [2.75, 3.05) is 32.2 Å². The van der Waals surface area contributed by atoms with Gasteiger partial charge in [0.05, 0.1) is 24.4 Å². The molecule has 0 amide bonds. The molecule has 3 heterocycles. The lowest BCUT2D eigenvalue weighted by Crippen LogP contribution is -2.30. The molecule has 0 aliphatic carbocycles. The zero-order valence-electron chi connectivity index (χ0n) is 15.2. The lowest BCUT2D eigenvalue weighted by molar-refractivity contribution is 0.178. The van der Waals surface area contributed by atoms with Crippen molar-refractivity contribution in [1.29, 1.82) is 0 Å². The Morgan fingerprint density at radius 2 is 1.77 bits per heavy atom. The maximum absolute atomic E-state index is 5.28. The first-order valence-corrected chi connectivity index (χ1v) is 8.93. The van der Waals surface area contributed by atoms with Crippen molar-refractivity contribution in [1.82, 2.24) is 19.7 Å². The molecule has 1 aliphatic rings. The highest BCUT2D eigenvalue weighted by atomic mass is 16.5. The summed E-state index contributed by atoms with van der Waals surface area (Å²) in [6, 6.07) is 7.80. The van der Waals surface area contributed by atoms with Gasteiger partial charge in [0.15, 0.2) is 11.5 Å². The summed E-state index contributed by atoms with van der Waals surface area (Å²) in [5.41, 5.74) is 1.74. The van der Waals surface area contributed by atoms with Crippen LogP contribution in [0.3, 0.4) is 0 Å². The van der Waals surface area contributed by atoms with Gasteiger partial charge in [0.25, 0.3) is 0 Å². The number of nitrogens with zero attached hydrogens (tertiary/aromatic N) is 5. The van der Waals surface area contributed by atoms with Gasteiger partial charge in [0, 0.05) is 20.2 Å². The number of hydrogen-bond donors (Lipinski definition) is 0. The van der Waals surface area contributed by atoms with E-state index in [1.165, 1.54) is 19.3 Å². The van der Waals surface area contributed by atoms with E-state index >= 15 is 0 Å². The fraction of sp³-hybridized carbons (Fsp3) is 0.421. The Hall–Kier alpha value is -2.67. The molecular weight excluding hydrogens is 330 g/mol. The van der Waals surface area contributed by atoms with Crippen LogP contribution in [0.15, 0.2) is 30.5 Å². The summed E-state index contributed by atoms with van der Waals surface area (Å²) in [6.07, 6.45) is 5.52. The second-order valence-electron chi connectivity index (χ2n) is 6.44. The number of hydrogen-bond acceptors (Lipinski definition) is 6. The Labute approximate surface area is 152 Å². The van der Waals surface area contributed by atoms with Crippen LogP contribution in [0.25, 0.3) is 16.7 Å². The predicted octanol–water partition coefficient (Wildman–Crippen LogP) is 2.96. The van der Waals surface area contributed by atoms with E-state index in [9.17, 15) is 0 Å². The van der Waals surface area contributed by atoms with Gasteiger partial charge >= 0.3 is 0 Å². The molecule has 2 aromatic heterocycles. The normalized spacial score (nSPS) is 14.8. The first-order valence-electron chi connectivity index (χ1n) is 8.93. The van der Waals surface area contributed by atoms with Crippen molar-refractivity contribution >= 4 is 16.9 Å². The van der Waals surface area contributed by atoms with Crippen molar-refractivity contribution in [2.24, 2.45) is 0 Å². The van der Waals surface area contributed by atoms with E-state index < -0.39 is 0 Å². The number of ether oxygens (including phenoxy) is 2. The quantitative estimate of drug-likeness (QED) is 0.703. The van der Waals surface area contributed by atoms with E-state index in [0.29, 0.717) is 12.4 Å². The third-order valence-corrected chi connectivity index (χ3v) is 4.70. The summed E-state index contributed by atoms with van der Waals surface area (Å²) in [4.78, 5) is 11.8. The fourth-order valence-electron chi connectivity index (χ4n) is 3.39. The largest absolute Gasteiger partial charge is 0.497 e. The number of fused-ring (bicyclic) bond motifs is 1. The van der Waals surface area contributed by atoms with Crippen molar-refractivity contribution in [3.8, 4) is 11.4 Å². The van der Waals surface area contributed by atoms with Crippen LogP contribution >= 0.6 is 0 Å². The summed E-state index contributed by atoms with van der Waals surface area (Å²) in [6.45, 7) is 2.42. The molecule has 1 aromatic carbocycles. The Morgan fingerprint density at radius 3 is 2.46 bits per heavy atom. The van der Waals surface area contributed by atoms with E-state index in [0.717, 1.165) is 41.4 Å². The van der Waals surface area contributed by atoms with Crippen LogP contribution in [0.1, 0.15) is 25.1 Å². The Morgan fingerprint density at radius 1 is 1.00 bits per heavy atom. The average molecular weight is 353 g/mol. The molecular formula is C19H23N5O2. The standard InChI is InChI=1S/C19H23N5O2/c1-25-13-17-21-18(23-10-4-3-5-11-23)16-12-20-24(19(16)22-17)14-6-8-15(26-2)9-7-14/h6-9,12H,3-5,10-11,13H2,1-2H3. The second-order valence-corrected chi connectivity index (χ2v) is 6.44. The van der Waals surface area contributed by atoms with Crippen LogP contribution < -0.4 is 9.64 Å². The Bertz CT molecular complexity index is 885. The Balaban J connectivity index is 1.83. The second kappa shape index (κ2) is 7.29. The Kier molecular flexibility index (Phi) is 4.71. The van der Waals surface area contributed by atoms with Crippen molar-refractivity contribution in [3.05, 3.63) is 36.3 Å². The van der Waals surface area contributed by atoms with E-state index in [1.807, 2.05) is 35.1 Å². The van der Waals surface area contributed by atoms with Crippen molar-refractivity contribution in [3.63, 3.8) is 0 Å². The molecule has 7 heteroatoms. The summed E-state index contributed by atoms with van der Waals surface area (Å²) in [7, 11) is 3.32. The fourth-order valence-corrected chi connectivity index (χ4v) is 3.39. The van der Waals surface area contributed by atoms with Gasteiger partial charge in [-0.2, -0.15) is 5.10 Å². The number of benzene rings is 1. The van der Waals surface area contributed by atoms with Crippen molar-refractivity contribution < 1.29 is 9.47 Å². The molecule has 0 saturated carbocycles. The summed E-state index contributed by atoms with van der Waals surface area (Å²) < 4.78 is 12.4. The van der Waals surface area contributed by atoms with Gasteiger partial charge in [-0.25, -0.2) is 14.6 Å². The topological polar surface area (TPSA) is 65.3 Å². The molecule has 0 atom stereocenters. The molecule has 7 nitrogen and oxygen atoms in total. The smallest absolute Gasteiger partial charge is 0.168 e. The molecule has 3 aromatic rings. The van der Waals surface area contributed by atoms with Gasteiger partial charge in [-0.1, -0.05) is 0 Å². The van der Waals surface area contributed by atoms with E-state index in [2.05, 4.69) is 10.00 Å². The number of methoxy groups -OCH3 is 2. The molecule has 1 aliphatic heterocycles. The SMILES string of the molecule is COCc1nc(N2CCCCC2)c2cnn(-c3ccc(OC)cc3)c2n1. The van der Waals surface area contributed by atoms with Crippen LogP contribution in [0.2, 0.25) is 0 Å². The number of rotatable bonds is 5. The minimum absolute atomic E-state index is 0.380. The monoisotopic (exact) mass is 353 g/mol. The van der Waals surface area contributed by atoms with E-state index in [1.54, 1.807) is 14.2 Å². The molecule has 26 heavy (non-hydrogen) atoms. The highest BCUT2D eigenvalue weighted by Gasteiger charge is 2.20. The van der Waals surface area contributed by atoms with Gasteiger partial charge in [0.2, 0.25) is 0 Å². The lowest BCUT2D eigenvalue weighted by atomic mass is 10.1. The van der Waals surface area contributed by atoms with Crippen LogP contribution in [0, 0.1) is 0 Å². The third-order valence-electron chi connectivity index (χ3n) is 4.70. The number of piperidine rings is 1. The summed E-state index contributed by atoms with van der Waals surface area (Å²) in [5.74, 6) is 2.45. The van der Waals surface area contributed by atoms with Gasteiger partial charge < -0.3 is 14.4 Å². The molecule has 0 unspecified atom stereocenters. The molecule has 1 fully saturated rings. The maximum atomic E-state index is 5.28. The van der Waals surface area contributed by atoms with Gasteiger partial charge in [-0.15, -0.1) is 0 Å². The van der Waals surface area contributed by atoms with Gasteiger partial charge in [0.1, 0.15) is 18.2 Å². The molecule has 136 valence electrons. The minimum Gasteiger partial charge on any atom is -0.497 e. The lowest BCUT2D eigenvalue weighted by Gasteiger charge is -2.28. The number of aromatic nitrogens is 4. The maximum Gasteiger partial charge on any atom is 0.168 e. The third kappa shape index (κ3) is 3.10. The molecule has 0 spiro atoms. The van der Waals surface area contributed by atoms with Crippen LogP contribution in [-0.2, 0) is 11.3 Å². The molecule has 0 radical (unpaired) electrons. The van der Waals surface area contributed by atoms with Crippen LogP contribution in [0.5, 0.6) is 5.75 Å². The van der Waals surface area contributed by atoms with E-state index in [4.69, 9.17) is 19.4 Å². The molecule has 0 bridgehead atoms. The van der Waals surface area contributed by atoms with Crippen LogP contribution in [0.4, 0.5) is 5.82 Å². The zero-order chi connectivity index (χ0) is 17.9. The highest BCUT2D eigenvalue weighted by molar-refractivity contribution is 5.88. The first kappa shape index (κ1) is 16.8. The average Bonchev–Trinajstić information content (AvgIpc) is 3.12. The summed E-state index contributed by atoms with van der Waals surface area (Å²) in [5, 5.41) is 5.56. The van der Waals surface area contributed by atoms with Gasteiger partial charge in [-0.05, 0) is 43.5 Å². The molecule has 1 saturated heterocycles. The number of anilines is 1. The van der Waals surface area contributed by atoms with Gasteiger partial charge in [-0.3, -0.25) is 0 Å². The highest BCUT2D eigenvalue weighted by Crippen LogP contribution is 2.28. The first-order chi connectivity index (χ1) is 12.8. The molecule has 4 rings (SSSR count). The predicted molar refractivity (Wildman–Crippen MR) is 100.0 cm³/mol. The van der Waals surface area contributed by atoms with Crippen LogP contribution in [-0.4, -0.2) is 47.1 Å². The van der Waals surface area contributed by atoms with E-state index in [-0.39, 0.29) is 0 Å². The summed E-state index contributed by atoms with van der Waals surface area (Å²) >= 11 is 0.